The number of amides is 1. The standard InChI is InChI=1S/C33H38N2O5/c1-4-22-39-26-18-16-24(17-19-26)31(36)29-30(35(33(38)32(29)37)21-11-20-34(5-2)6-3)25-12-10-15-28(23-25)40-27-13-8-7-9-14-27/h7-10,12-19,23,30,36H,4-6,11,20-22H2,1-3H3. The van der Waals surface area contributed by atoms with Crippen LogP contribution >= 0.6 is 0 Å². The van der Waals surface area contributed by atoms with Crippen LogP contribution in [0.5, 0.6) is 17.2 Å². The summed E-state index contributed by atoms with van der Waals surface area (Å²) >= 11 is 0. The molecule has 1 heterocycles. The number of benzene rings is 3. The minimum absolute atomic E-state index is 0.0759. The molecule has 0 radical (unpaired) electrons. The van der Waals surface area contributed by atoms with Crippen LogP contribution in [0.25, 0.3) is 5.76 Å². The molecule has 1 N–H and O–H groups in total. The first-order chi connectivity index (χ1) is 19.5. The van der Waals surface area contributed by atoms with E-state index in [-0.39, 0.29) is 11.3 Å². The Balaban J connectivity index is 1.71. The number of ether oxygens (including phenoxy) is 2. The number of hydrogen-bond acceptors (Lipinski definition) is 6. The van der Waals surface area contributed by atoms with E-state index < -0.39 is 17.7 Å². The number of likely N-dealkylation sites (tertiary alicyclic amines) is 1. The van der Waals surface area contributed by atoms with E-state index in [9.17, 15) is 14.7 Å². The molecule has 4 rings (SSSR count). The summed E-state index contributed by atoms with van der Waals surface area (Å²) in [7, 11) is 0. The maximum atomic E-state index is 13.4. The van der Waals surface area contributed by atoms with Crippen LogP contribution in [0.1, 0.15) is 50.8 Å². The van der Waals surface area contributed by atoms with Crippen molar-refractivity contribution in [2.24, 2.45) is 0 Å². The summed E-state index contributed by atoms with van der Waals surface area (Å²) in [5.74, 6) is 0.436. The average Bonchev–Trinajstić information content (AvgIpc) is 3.24. The van der Waals surface area contributed by atoms with Gasteiger partial charge in [0.2, 0.25) is 0 Å². The molecule has 1 amide bonds. The molecular formula is C33H38N2O5. The van der Waals surface area contributed by atoms with Gasteiger partial charge in [-0.25, -0.2) is 0 Å². The minimum Gasteiger partial charge on any atom is -0.507 e. The summed E-state index contributed by atoms with van der Waals surface area (Å²) in [5, 5.41) is 11.4. The third kappa shape index (κ3) is 6.72. The highest BCUT2D eigenvalue weighted by atomic mass is 16.5. The van der Waals surface area contributed by atoms with Gasteiger partial charge >= 0.3 is 0 Å². The molecule has 210 valence electrons. The first-order valence-corrected chi connectivity index (χ1v) is 14.0. The summed E-state index contributed by atoms with van der Waals surface area (Å²) in [6, 6.07) is 23.0. The number of carbonyl (C=O) groups is 2. The van der Waals surface area contributed by atoms with Crippen molar-refractivity contribution in [2.45, 2.75) is 39.7 Å². The fourth-order valence-electron chi connectivity index (χ4n) is 4.92. The summed E-state index contributed by atoms with van der Waals surface area (Å²) in [6.07, 6.45) is 1.58. The molecule has 1 unspecified atom stereocenters. The van der Waals surface area contributed by atoms with E-state index in [0.29, 0.717) is 47.9 Å². The van der Waals surface area contributed by atoms with Gasteiger partial charge in [0.1, 0.15) is 23.0 Å². The Kier molecular flexibility index (Phi) is 9.97. The second-order valence-electron chi connectivity index (χ2n) is 9.73. The van der Waals surface area contributed by atoms with Crippen LogP contribution in [0.3, 0.4) is 0 Å². The van der Waals surface area contributed by atoms with E-state index in [2.05, 4.69) is 18.7 Å². The number of hydrogen-bond donors (Lipinski definition) is 1. The molecule has 40 heavy (non-hydrogen) atoms. The minimum atomic E-state index is -0.743. The second-order valence-corrected chi connectivity index (χ2v) is 9.73. The Labute approximate surface area is 236 Å². The van der Waals surface area contributed by atoms with Gasteiger partial charge in [-0.15, -0.1) is 0 Å². The molecular weight excluding hydrogens is 504 g/mol. The predicted octanol–water partition coefficient (Wildman–Crippen LogP) is 6.42. The van der Waals surface area contributed by atoms with Gasteiger partial charge in [0.05, 0.1) is 18.2 Å². The highest BCUT2D eigenvalue weighted by molar-refractivity contribution is 6.46. The van der Waals surface area contributed by atoms with Crippen molar-refractivity contribution in [1.82, 2.24) is 9.80 Å². The van der Waals surface area contributed by atoms with E-state index in [4.69, 9.17) is 9.47 Å². The van der Waals surface area contributed by atoms with Crippen molar-refractivity contribution in [2.75, 3.05) is 32.8 Å². The molecule has 0 aromatic heterocycles. The topological polar surface area (TPSA) is 79.3 Å². The van der Waals surface area contributed by atoms with Gasteiger partial charge in [0.25, 0.3) is 11.7 Å². The predicted molar refractivity (Wildman–Crippen MR) is 157 cm³/mol. The third-order valence-electron chi connectivity index (χ3n) is 7.06. The number of para-hydroxylation sites is 1. The molecule has 1 aliphatic rings. The molecule has 1 aliphatic heterocycles. The maximum Gasteiger partial charge on any atom is 0.295 e. The van der Waals surface area contributed by atoms with Gasteiger partial charge in [0, 0.05) is 12.1 Å². The van der Waals surface area contributed by atoms with Crippen LogP contribution in [-0.4, -0.2) is 59.4 Å². The quantitative estimate of drug-likeness (QED) is 0.153. The van der Waals surface area contributed by atoms with Crippen LogP contribution in [0, 0.1) is 0 Å². The Hall–Kier alpha value is -4.10. The summed E-state index contributed by atoms with van der Waals surface area (Å²) in [6.45, 7) is 9.84. The Morgan fingerprint density at radius 1 is 0.875 bits per heavy atom. The molecule has 3 aromatic rings. The summed E-state index contributed by atoms with van der Waals surface area (Å²) in [4.78, 5) is 30.7. The van der Waals surface area contributed by atoms with Crippen molar-refractivity contribution < 1.29 is 24.2 Å². The normalized spacial score (nSPS) is 16.5. The lowest BCUT2D eigenvalue weighted by Gasteiger charge is -2.27. The Bertz CT molecular complexity index is 1320. The number of aliphatic hydroxyl groups is 1. The number of ketones is 1. The van der Waals surface area contributed by atoms with Crippen molar-refractivity contribution in [1.29, 1.82) is 0 Å². The molecule has 0 saturated carbocycles. The highest BCUT2D eigenvalue weighted by Crippen LogP contribution is 2.41. The van der Waals surface area contributed by atoms with Crippen molar-refractivity contribution in [3.8, 4) is 17.2 Å². The molecule has 1 saturated heterocycles. The highest BCUT2D eigenvalue weighted by Gasteiger charge is 2.46. The molecule has 1 atom stereocenters. The summed E-state index contributed by atoms with van der Waals surface area (Å²) in [5.41, 5.74) is 1.22. The van der Waals surface area contributed by atoms with Crippen LogP contribution in [0.2, 0.25) is 0 Å². The first-order valence-electron chi connectivity index (χ1n) is 14.0. The molecule has 1 fully saturated rings. The van der Waals surface area contributed by atoms with E-state index in [0.717, 1.165) is 26.1 Å². The zero-order valence-electron chi connectivity index (χ0n) is 23.5. The molecule has 0 aliphatic carbocycles. The lowest BCUT2D eigenvalue weighted by Crippen LogP contribution is -2.33. The monoisotopic (exact) mass is 542 g/mol. The first kappa shape index (κ1) is 28.9. The molecule has 0 spiro atoms. The second kappa shape index (κ2) is 13.8. The van der Waals surface area contributed by atoms with Gasteiger partial charge in [-0.3, -0.25) is 9.59 Å². The number of aliphatic hydroxyl groups excluding tert-OH is 1. The lowest BCUT2D eigenvalue weighted by molar-refractivity contribution is -0.140. The zero-order chi connectivity index (χ0) is 28.5. The van der Waals surface area contributed by atoms with Gasteiger partial charge in [-0.05, 0) is 86.6 Å². The van der Waals surface area contributed by atoms with Gasteiger partial charge in [0.15, 0.2) is 0 Å². The SMILES string of the molecule is CCCOc1ccc(C(O)=C2C(=O)C(=O)N(CCCN(CC)CC)C2c2cccc(Oc3ccccc3)c2)cc1. The van der Waals surface area contributed by atoms with Gasteiger partial charge < -0.3 is 24.4 Å². The van der Waals surface area contributed by atoms with E-state index in [1.54, 1.807) is 29.2 Å². The van der Waals surface area contributed by atoms with Crippen LogP contribution < -0.4 is 9.47 Å². The lowest BCUT2D eigenvalue weighted by atomic mass is 9.95. The third-order valence-corrected chi connectivity index (χ3v) is 7.06. The van der Waals surface area contributed by atoms with Crippen molar-refractivity contribution in [3.05, 3.63) is 95.6 Å². The maximum absolute atomic E-state index is 13.4. The van der Waals surface area contributed by atoms with E-state index in [1.807, 2.05) is 61.5 Å². The molecule has 7 nitrogen and oxygen atoms in total. The smallest absolute Gasteiger partial charge is 0.295 e. The number of rotatable bonds is 13. The van der Waals surface area contributed by atoms with E-state index in [1.165, 1.54) is 0 Å². The molecule has 0 bridgehead atoms. The average molecular weight is 543 g/mol. The number of nitrogens with zero attached hydrogens (tertiary/aromatic N) is 2. The van der Waals surface area contributed by atoms with Crippen LogP contribution in [0.4, 0.5) is 0 Å². The van der Waals surface area contributed by atoms with Crippen molar-refractivity contribution >= 4 is 17.4 Å². The fourth-order valence-corrected chi connectivity index (χ4v) is 4.92. The largest absolute Gasteiger partial charge is 0.507 e. The van der Waals surface area contributed by atoms with Gasteiger partial charge in [-0.1, -0.05) is 51.1 Å². The van der Waals surface area contributed by atoms with Gasteiger partial charge in [-0.2, -0.15) is 0 Å². The Morgan fingerprint density at radius 3 is 2.25 bits per heavy atom. The zero-order valence-corrected chi connectivity index (χ0v) is 23.5. The van der Waals surface area contributed by atoms with Crippen LogP contribution in [0.15, 0.2) is 84.4 Å². The molecule has 3 aromatic carbocycles. The molecule has 7 heteroatoms. The van der Waals surface area contributed by atoms with Crippen LogP contribution in [-0.2, 0) is 9.59 Å². The van der Waals surface area contributed by atoms with Crippen molar-refractivity contribution in [3.63, 3.8) is 0 Å². The van der Waals surface area contributed by atoms with E-state index >= 15 is 0 Å². The fraction of sp³-hybridized carbons (Fsp3) is 0.333. The Morgan fingerprint density at radius 2 is 1.57 bits per heavy atom. The number of Topliss-reactive ketones (excluding diaryl/α,β-unsaturated/α-hetero) is 1. The summed E-state index contributed by atoms with van der Waals surface area (Å²) < 4.78 is 11.7. The number of carbonyl (C=O) groups excluding carboxylic acids is 2.